The molecule has 10 nitrogen and oxygen atoms in total. The molecule has 0 saturated carbocycles. The van der Waals surface area contributed by atoms with Gasteiger partial charge in [0, 0.05) is 35.9 Å². The first-order valence-corrected chi connectivity index (χ1v) is 18.2. The molecular weight excluding hydrogens is 640 g/mol. The second kappa shape index (κ2) is 14.6. The van der Waals surface area contributed by atoms with Gasteiger partial charge >= 0.3 is 0 Å². The summed E-state index contributed by atoms with van der Waals surface area (Å²) in [5.74, 6) is 0.474. The van der Waals surface area contributed by atoms with Crippen LogP contribution in [0, 0.1) is 11.7 Å². The monoisotopic (exact) mass is 682 g/mol. The molecule has 252 valence electrons. The quantitative estimate of drug-likeness (QED) is 0.217. The summed E-state index contributed by atoms with van der Waals surface area (Å²) in [6.07, 6.45) is 7.90. The number of aromatic nitrogens is 2. The largest absolute Gasteiger partial charge is 0.444 e. The molecule has 1 atom stereocenters. The van der Waals surface area contributed by atoms with E-state index in [1.165, 1.54) is 17.4 Å². The van der Waals surface area contributed by atoms with Gasteiger partial charge in [0.05, 0.1) is 28.3 Å². The van der Waals surface area contributed by atoms with Crippen molar-refractivity contribution in [2.24, 2.45) is 5.92 Å². The van der Waals surface area contributed by atoms with Gasteiger partial charge in [0.15, 0.2) is 5.13 Å². The zero-order chi connectivity index (χ0) is 33.1. The van der Waals surface area contributed by atoms with Crippen molar-refractivity contribution in [3.05, 3.63) is 59.2 Å². The third-order valence-electron chi connectivity index (χ3n) is 9.40. The molecule has 2 N–H and O–H groups in total. The number of nitrogens with one attached hydrogen (secondary N) is 2. The number of hydrogen-bond donors (Lipinski definition) is 2. The van der Waals surface area contributed by atoms with E-state index < -0.39 is 11.8 Å². The molecule has 3 aromatic rings. The molecule has 0 radical (unpaired) electrons. The van der Waals surface area contributed by atoms with Crippen LogP contribution in [0.5, 0.6) is 0 Å². The number of benzene rings is 1. The number of carbonyl (C=O) groups excluding carboxylic acids is 3. The van der Waals surface area contributed by atoms with E-state index in [1.807, 2.05) is 6.07 Å². The number of rotatable bonds is 9. The van der Waals surface area contributed by atoms with Crippen LogP contribution in [-0.2, 0) is 32.1 Å². The van der Waals surface area contributed by atoms with E-state index >= 15 is 0 Å². The van der Waals surface area contributed by atoms with Gasteiger partial charge in [-0.1, -0.05) is 44.2 Å². The lowest BCUT2D eigenvalue weighted by Crippen LogP contribution is -2.48. The summed E-state index contributed by atoms with van der Waals surface area (Å²) in [6.45, 7) is 10.6. The number of anilines is 1. The summed E-state index contributed by atoms with van der Waals surface area (Å²) in [5, 5.41) is 5.98. The molecule has 0 aliphatic carbocycles. The number of hydrogen-bond acceptors (Lipinski definition) is 10. The lowest BCUT2D eigenvalue weighted by atomic mass is 9.89. The molecule has 2 aromatic heterocycles. The second-order valence-electron chi connectivity index (χ2n) is 13.8. The number of imide groups is 1. The maximum atomic E-state index is 15.0. The number of nitrogens with zero attached hydrogens (tertiary/aromatic N) is 4. The van der Waals surface area contributed by atoms with Crippen LogP contribution in [0.2, 0.25) is 0 Å². The van der Waals surface area contributed by atoms with Crippen molar-refractivity contribution in [3.8, 4) is 0 Å². The van der Waals surface area contributed by atoms with E-state index in [2.05, 4.69) is 51.2 Å². The number of piperidine rings is 3. The maximum Gasteiger partial charge on any atom is 0.234 e. The molecule has 47 heavy (non-hydrogen) atoms. The fraction of sp³-hybridized carbons (Fsp3) is 0.559. The van der Waals surface area contributed by atoms with E-state index in [4.69, 9.17) is 4.42 Å². The number of amides is 3. The van der Waals surface area contributed by atoms with Crippen molar-refractivity contribution in [1.29, 1.82) is 0 Å². The Labute approximate surface area is 283 Å². The zero-order valence-electron chi connectivity index (χ0n) is 27.2. The third kappa shape index (κ3) is 8.48. The third-order valence-corrected chi connectivity index (χ3v) is 11.5. The molecule has 6 rings (SSSR count). The van der Waals surface area contributed by atoms with Gasteiger partial charge in [0.25, 0.3) is 0 Å². The van der Waals surface area contributed by atoms with Crippen molar-refractivity contribution in [1.82, 2.24) is 25.1 Å². The molecule has 3 amide bonds. The molecule has 1 aromatic carbocycles. The normalized spacial score (nSPS) is 20.8. The minimum Gasteiger partial charge on any atom is -0.444 e. The summed E-state index contributed by atoms with van der Waals surface area (Å²) in [7, 11) is 0. The highest BCUT2D eigenvalue weighted by Crippen LogP contribution is 2.33. The van der Waals surface area contributed by atoms with E-state index in [9.17, 15) is 18.8 Å². The molecule has 3 fully saturated rings. The summed E-state index contributed by atoms with van der Waals surface area (Å²) < 4.78 is 21.9. The van der Waals surface area contributed by atoms with Gasteiger partial charge in [0.1, 0.15) is 11.6 Å². The fourth-order valence-electron chi connectivity index (χ4n) is 6.62. The Kier molecular flexibility index (Phi) is 10.5. The average Bonchev–Trinajstić information content (AvgIpc) is 3.71. The van der Waals surface area contributed by atoms with Crippen LogP contribution in [0.1, 0.15) is 88.0 Å². The first-order valence-electron chi connectivity index (χ1n) is 16.4. The van der Waals surface area contributed by atoms with Gasteiger partial charge in [-0.2, -0.15) is 0 Å². The average molecular weight is 683 g/mol. The van der Waals surface area contributed by atoms with Crippen molar-refractivity contribution in [2.75, 3.05) is 31.5 Å². The molecule has 13 heteroatoms. The SMILES string of the molecule is CC(C)(C)c1cnc(CSc2cnc(NC(=O)C3CCN(C4CCN(Cc5ccc(C6CCC(=O)NC6=O)c(F)c5)CC4)CC3)s2)o1. The molecular formula is C34H43FN6O4S2. The van der Waals surface area contributed by atoms with Gasteiger partial charge in [-0.05, 0) is 69.9 Å². The van der Waals surface area contributed by atoms with Gasteiger partial charge in [-0.3, -0.25) is 24.6 Å². The highest BCUT2D eigenvalue weighted by molar-refractivity contribution is 8.00. The van der Waals surface area contributed by atoms with Crippen LogP contribution in [0.25, 0.3) is 0 Å². The van der Waals surface area contributed by atoms with Gasteiger partial charge in [0.2, 0.25) is 23.6 Å². The van der Waals surface area contributed by atoms with Gasteiger partial charge < -0.3 is 14.6 Å². The highest BCUT2D eigenvalue weighted by Gasteiger charge is 2.32. The summed E-state index contributed by atoms with van der Waals surface area (Å²) in [5.41, 5.74) is 1.17. The number of carbonyl (C=O) groups is 3. The predicted octanol–water partition coefficient (Wildman–Crippen LogP) is 5.70. The first kappa shape index (κ1) is 33.8. The van der Waals surface area contributed by atoms with Crippen LogP contribution < -0.4 is 10.6 Å². The number of oxazole rings is 1. The Morgan fingerprint density at radius 3 is 2.53 bits per heavy atom. The van der Waals surface area contributed by atoms with Crippen LogP contribution in [0.3, 0.4) is 0 Å². The fourth-order valence-corrected chi connectivity index (χ4v) is 8.35. The van der Waals surface area contributed by atoms with E-state index in [1.54, 1.807) is 30.2 Å². The zero-order valence-corrected chi connectivity index (χ0v) is 28.9. The van der Waals surface area contributed by atoms with Crippen LogP contribution in [-0.4, -0.2) is 69.7 Å². The van der Waals surface area contributed by atoms with Crippen molar-refractivity contribution >= 4 is 46.0 Å². The summed E-state index contributed by atoms with van der Waals surface area (Å²) in [6, 6.07) is 5.62. The molecule has 0 bridgehead atoms. The van der Waals surface area contributed by atoms with Gasteiger partial charge in [-0.15, -0.1) is 11.8 Å². The molecule has 3 aliphatic heterocycles. The Bertz CT molecular complexity index is 1590. The standard InChI is InChI=1S/C34H43FN6O4S2/c1-34(2,3)27-17-36-29(45-27)20-46-30-18-37-33(47-30)39-31(43)22-8-14-41(15-9-22)23-10-12-40(13-11-23)19-21-4-5-24(26(35)16-21)25-6-7-28(42)38-32(25)44/h4-5,16-18,22-23,25H,6-15,19-20H2,1-3H3,(H,37,39,43)(H,38,42,44). The van der Waals surface area contributed by atoms with E-state index in [0.717, 1.165) is 67.4 Å². The van der Waals surface area contributed by atoms with E-state index in [-0.39, 0.29) is 35.4 Å². The van der Waals surface area contributed by atoms with E-state index in [0.29, 0.717) is 41.3 Å². The number of thiazole rings is 1. The first-order chi connectivity index (χ1) is 22.5. The second-order valence-corrected chi connectivity index (χ2v) is 16.1. The Morgan fingerprint density at radius 2 is 1.85 bits per heavy atom. The molecule has 5 heterocycles. The molecule has 1 unspecified atom stereocenters. The molecule has 3 saturated heterocycles. The Hall–Kier alpha value is -3.13. The number of halogens is 1. The smallest absolute Gasteiger partial charge is 0.234 e. The summed E-state index contributed by atoms with van der Waals surface area (Å²) >= 11 is 3.08. The van der Waals surface area contributed by atoms with Crippen molar-refractivity contribution < 1.29 is 23.2 Å². The van der Waals surface area contributed by atoms with Crippen molar-refractivity contribution in [3.63, 3.8) is 0 Å². The molecule has 3 aliphatic rings. The Morgan fingerprint density at radius 1 is 1.09 bits per heavy atom. The van der Waals surface area contributed by atoms with Crippen LogP contribution in [0.4, 0.5) is 9.52 Å². The maximum absolute atomic E-state index is 15.0. The predicted molar refractivity (Wildman–Crippen MR) is 180 cm³/mol. The minimum atomic E-state index is -0.615. The van der Waals surface area contributed by atoms with Gasteiger partial charge in [-0.25, -0.2) is 14.4 Å². The lowest BCUT2D eigenvalue weighted by Gasteiger charge is -2.41. The molecule has 0 spiro atoms. The lowest BCUT2D eigenvalue weighted by molar-refractivity contribution is -0.134. The topological polar surface area (TPSA) is 121 Å². The number of thioether (sulfide) groups is 1. The highest BCUT2D eigenvalue weighted by atomic mass is 32.2. The Balaban J connectivity index is 0.906. The van der Waals surface area contributed by atoms with Crippen LogP contribution >= 0.6 is 23.1 Å². The minimum absolute atomic E-state index is 0.0208. The summed E-state index contributed by atoms with van der Waals surface area (Å²) in [4.78, 5) is 50.4. The van der Waals surface area contributed by atoms with Crippen molar-refractivity contribution in [2.45, 2.75) is 93.2 Å². The van der Waals surface area contributed by atoms with Crippen LogP contribution in [0.15, 0.2) is 39.2 Å². The number of likely N-dealkylation sites (tertiary alicyclic amines) is 2.